The largest absolute Gasteiger partial charge is 0.334 e. The molecule has 0 spiro atoms. The van der Waals surface area contributed by atoms with Gasteiger partial charge in [-0.2, -0.15) is 4.98 Å². The monoisotopic (exact) mass is 313 g/mol. The third-order valence-corrected chi connectivity index (χ3v) is 3.42. The molecule has 23 heavy (non-hydrogen) atoms. The van der Waals surface area contributed by atoms with Crippen LogP contribution in [0.25, 0.3) is 28.5 Å². The van der Waals surface area contributed by atoms with Gasteiger partial charge in [-0.1, -0.05) is 5.16 Å². The SMILES string of the molecule is Cc1nnc2ccc(-c3noc(-c4cc(F)ccc4F)n3)cn12. The van der Waals surface area contributed by atoms with Crippen LogP contribution < -0.4 is 0 Å². The van der Waals surface area contributed by atoms with Crippen molar-refractivity contribution >= 4 is 5.65 Å². The molecule has 0 aliphatic carbocycles. The Kier molecular flexibility index (Phi) is 2.90. The van der Waals surface area contributed by atoms with Crippen molar-refractivity contribution in [3.63, 3.8) is 0 Å². The topological polar surface area (TPSA) is 69.1 Å². The summed E-state index contributed by atoms with van der Waals surface area (Å²) in [5.74, 6) is -0.327. The molecule has 3 aromatic heterocycles. The van der Waals surface area contributed by atoms with Crippen molar-refractivity contribution in [1.82, 2.24) is 24.7 Å². The average molecular weight is 313 g/mol. The predicted molar refractivity (Wildman–Crippen MR) is 76.4 cm³/mol. The maximum atomic E-state index is 13.8. The Bertz CT molecular complexity index is 1020. The van der Waals surface area contributed by atoms with E-state index in [1.807, 2.05) is 6.92 Å². The number of hydrogen-bond acceptors (Lipinski definition) is 5. The van der Waals surface area contributed by atoms with Gasteiger partial charge >= 0.3 is 0 Å². The minimum atomic E-state index is -0.633. The Morgan fingerprint density at radius 3 is 2.83 bits per heavy atom. The zero-order valence-corrected chi connectivity index (χ0v) is 11.9. The minimum absolute atomic E-state index is 0.0784. The van der Waals surface area contributed by atoms with Crippen molar-refractivity contribution in [2.24, 2.45) is 0 Å². The van der Waals surface area contributed by atoms with Crippen LogP contribution in [0.15, 0.2) is 41.1 Å². The lowest BCUT2D eigenvalue weighted by atomic mass is 10.2. The van der Waals surface area contributed by atoms with Crippen molar-refractivity contribution in [3.8, 4) is 22.8 Å². The van der Waals surface area contributed by atoms with Crippen LogP contribution in [0.2, 0.25) is 0 Å². The van der Waals surface area contributed by atoms with Gasteiger partial charge in [0.05, 0.1) is 5.56 Å². The van der Waals surface area contributed by atoms with Crippen molar-refractivity contribution in [2.75, 3.05) is 0 Å². The predicted octanol–water partition coefficient (Wildman–Crippen LogP) is 3.03. The summed E-state index contributed by atoms with van der Waals surface area (Å²) in [5, 5.41) is 11.8. The van der Waals surface area contributed by atoms with Gasteiger partial charge in [-0.15, -0.1) is 10.2 Å². The van der Waals surface area contributed by atoms with Crippen LogP contribution in [0.1, 0.15) is 5.82 Å². The zero-order chi connectivity index (χ0) is 16.0. The summed E-state index contributed by atoms with van der Waals surface area (Å²) in [6.45, 7) is 1.81. The minimum Gasteiger partial charge on any atom is -0.334 e. The Hall–Kier alpha value is -3.16. The Morgan fingerprint density at radius 1 is 1.09 bits per heavy atom. The maximum absolute atomic E-state index is 13.8. The number of fused-ring (bicyclic) bond motifs is 1. The van der Waals surface area contributed by atoms with Crippen molar-refractivity contribution < 1.29 is 13.3 Å². The first-order valence-corrected chi connectivity index (χ1v) is 6.73. The molecule has 0 bridgehead atoms. The number of benzene rings is 1. The lowest BCUT2D eigenvalue weighted by Crippen LogP contribution is -1.91. The van der Waals surface area contributed by atoms with E-state index in [0.717, 1.165) is 18.2 Å². The third-order valence-electron chi connectivity index (χ3n) is 3.42. The van der Waals surface area contributed by atoms with E-state index in [1.54, 1.807) is 22.7 Å². The fraction of sp³-hybridized carbons (Fsp3) is 0.0667. The van der Waals surface area contributed by atoms with Gasteiger partial charge in [0.2, 0.25) is 5.82 Å². The number of nitrogens with zero attached hydrogens (tertiary/aromatic N) is 5. The molecule has 4 rings (SSSR count). The summed E-state index contributed by atoms with van der Waals surface area (Å²) in [7, 11) is 0. The van der Waals surface area contributed by atoms with E-state index in [9.17, 15) is 8.78 Å². The van der Waals surface area contributed by atoms with E-state index in [-0.39, 0.29) is 17.3 Å². The van der Waals surface area contributed by atoms with Gasteiger partial charge in [-0.3, -0.25) is 4.40 Å². The molecule has 0 saturated heterocycles. The maximum Gasteiger partial charge on any atom is 0.261 e. The van der Waals surface area contributed by atoms with Gasteiger partial charge in [-0.25, -0.2) is 8.78 Å². The van der Waals surface area contributed by atoms with Crippen LogP contribution in [0.4, 0.5) is 8.78 Å². The average Bonchev–Trinajstić information content (AvgIpc) is 3.17. The summed E-state index contributed by atoms with van der Waals surface area (Å²) in [5.41, 5.74) is 1.25. The molecule has 6 nitrogen and oxygen atoms in total. The molecule has 4 aromatic rings. The van der Waals surface area contributed by atoms with E-state index in [1.165, 1.54) is 0 Å². The second-order valence-electron chi connectivity index (χ2n) is 4.94. The number of halogens is 2. The normalized spacial score (nSPS) is 11.3. The van der Waals surface area contributed by atoms with E-state index < -0.39 is 11.6 Å². The van der Waals surface area contributed by atoms with Gasteiger partial charge in [-0.05, 0) is 37.3 Å². The van der Waals surface area contributed by atoms with Crippen LogP contribution in [-0.4, -0.2) is 24.7 Å². The molecule has 0 amide bonds. The second kappa shape index (κ2) is 4.94. The molecule has 0 unspecified atom stereocenters. The highest BCUT2D eigenvalue weighted by Gasteiger charge is 2.16. The van der Waals surface area contributed by atoms with Gasteiger partial charge < -0.3 is 4.52 Å². The zero-order valence-electron chi connectivity index (χ0n) is 11.9. The molecule has 0 atom stereocenters. The number of pyridine rings is 1. The van der Waals surface area contributed by atoms with E-state index >= 15 is 0 Å². The molecular formula is C15H9F2N5O. The van der Waals surface area contributed by atoms with Gasteiger partial charge in [0.1, 0.15) is 17.5 Å². The smallest absolute Gasteiger partial charge is 0.261 e. The molecule has 0 fully saturated rings. The van der Waals surface area contributed by atoms with Crippen molar-refractivity contribution in [1.29, 1.82) is 0 Å². The third kappa shape index (κ3) is 2.24. The fourth-order valence-corrected chi connectivity index (χ4v) is 2.25. The van der Waals surface area contributed by atoms with Crippen LogP contribution in [0.5, 0.6) is 0 Å². The van der Waals surface area contributed by atoms with Crippen molar-refractivity contribution in [3.05, 3.63) is 54.0 Å². The molecule has 3 heterocycles. The molecular weight excluding hydrogens is 304 g/mol. The summed E-state index contributed by atoms with van der Waals surface area (Å²) >= 11 is 0. The fourth-order valence-electron chi connectivity index (χ4n) is 2.25. The highest BCUT2D eigenvalue weighted by atomic mass is 19.1. The highest BCUT2D eigenvalue weighted by Crippen LogP contribution is 2.25. The van der Waals surface area contributed by atoms with Crippen LogP contribution >= 0.6 is 0 Å². The van der Waals surface area contributed by atoms with Crippen LogP contribution in [0.3, 0.4) is 0 Å². The van der Waals surface area contributed by atoms with Crippen LogP contribution in [-0.2, 0) is 0 Å². The summed E-state index contributed by atoms with van der Waals surface area (Å²) in [6, 6.07) is 6.56. The molecule has 0 saturated carbocycles. The lowest BCUT2D eigenvalue weighted by molar-refractivity contribution is 0.429. The first kappa shape index (κ1) is 13.5. The Labute approximate surface area is 128 Å². The van der Waals surface area contributed by atoms with E-state index in [2.05, 4.69) is 20.3 Å². The van der Waals surface area contributed by atoms with Gasteiger partial charge in [0.15, 0.2) is 5.65 Å². The Morgan fingerprint density at radius 2 is 1.96 bits per heavy atom. The standard InChI is InChI=1S/C15H9F2N5O/c1-8-19-20-13-5-2-9(7-22(8)13)14-18-15(23-21-14)11-6-10(16)3-4-12(11)17/h2-7H,1H3. The van der Waals surface area contributed by atoms with Gasteiger partial charge in [0, 0.05) is 11.8 Å². The molecule has 0 radical (unpaired) electrons. The van der Waals surface area contributed by atoms with Crippen LogP contribution in [0, 0.1) is 18.6 Å². The first-order valence-electron chi connectivity index (χ1n) is 6.73. The Balaban J connectivity index is 1.79. The van der Waals surface area contributed by atoms with Crippen molar-refractivity contribution in [2.45, 2.75) is 6.92 Å². The molecule has 0 aliphatic rings. The molecule has 8 heteroatoms. The molecule has 1 aromatic carbocycles. The van der Waals surface area contributed by atoms with E-state index in [0.29, 0.717) is 17.0 Å². The number of rotatable bonds is 2. The molecule has 0 N–H and O–H groups in total. The number of hydrogen-bond donors (Lipinski definition) is 0. The molecule has 114 valence electrons. The summed E-state index contributed by atoms with van der Waals surface area (Å²) in [4.78, 5) is 4.13. The molecule has 0 aliphatic heterocycles. The van der Waals surface area contributed by atoms with E-state index in [4.69, 9.17) is 4.52 Å². The second-order valence-corrected chi connectivity index (χ2v) is 4.94. The summed E-state index contributed by atoms with van der Waals surface area (Å²) in [6.07, 6.45) is 1.75. The number of aryl methyl sites for hydroxylation is 1. The summed E-state index contributed by atoms with van der Waals surface area (Å²) < 4.78 is 33.9. The number of aromatic nitrogens is 5. The van der Waals surface area contributed by atoms with Gasteiger partial charge in [0.25, 0.3) is 5.89 Å². The first-order chi connectivity index (χ1) is 11.1. The lowest BCUT2D eigenvalue weighted by Gasteiger charge is -1.98. The quantitative estimate of drug-likeness (QED) is 0.569. The highest BCUT2D eigenvalue weighted by molar-refractivity contribution is 5.61.